The summed E-state index contributed by atoms with van der Waals surface area (Å²) in [5.41, 5.74) is 0. The molecule has 0 aliphatic carbocycles. The fourth-order valence-corrected chi connectivity index (χ4v) is 2.53. The van der Waals surface area contributed by atoms with Crippen molar-refractivity contribution in [2.45, 2.75) is 66.1 Å². The first-order valence-corrected chi connectivity index (χ1v) is 8.04. The monoisotopic (exact) mass is 311 g/mol. The first kappa shape index (κ1) is 18.5. The van der Waals surface area contributed by atoms with Crippen LogP contribution in [-0.4, -0.2) is 35.8 Å². The van der Waals surface area contributed by atoms with E-state index in [2.05, 4.69) is 16.0 Å². The minimum absolute atomic E-state index is 0.0512. The Morgan fingerprint density at radius 3 is 1.55 bits per heavy atom. The minimum atomic E-state index is -0.629. The van der Waals surface area contributed by atoms with Crippen LogP contribution in [0.3, 0.4) is 0 Å². The number of carbonyl (C=O) groups is 3. The maximum atomic E-state index is 12.4. The van der Waals surface area contributed by atoms with Gasteiger partial charge in [-0.3, -0.25) is 14.4 Å². The third-order valence-electron chi connectivity index (χ3n) is 3.83. The van der Waals surface area contributed by atoms with E-state index in [4.69, 9.17) is 0 Å². The summed E-state index contributed by atoms with van der Waals surface area (Å²) in [6.07, 6.45) is 0.543. The summed E-state index contributed by atoms with van der Waals surface area (Å²) in [7, 11) is 0. The van der Waals surface area contributed by atoms with E-state index < -0.39 is 18.1 Å². The van der Waals surface area contributed by atoms with Crippen LogP contribution in [0.1, 0.15) is 48.0 Å². The van der Waals surface area contributed by atoms with Crippen molar-refractivity contribution in [3.63, 3.8) is 0 Å². The standard InChI is InChI=1S/C16H29N3O3/c1-8(2)7-11-14(20)18-13(10(5)6)16(22)19-12(9(3)4)15(21)17-11/h8-13H,7H2,1-6H3,(H,17,21)(H,18,20)(H,19,22). The van der Waals surface area contributed by atoms with Crippen molar-refractivity contribution < 1.29 is 14.4 Å². The Labute approximate surface area is 132 Å². The van der Waals surface area contributed by atoms with Gasteiger partial charge in [0.1, 0.15) is 18.1 Å². The average molecular weight is 311 g/mol. The number of hydrogen-bond acceptors (Lipinski definition) is 3. The van der Waals surface area contributed by atoms with Crippen LogP contribution in [0.25, 0.3) is 0 Å². The molecule has 3 atom stereocenters. The maximum Gasteiger partial charge on any atom is 0.243 e. The van der Waals surface area contributed by atoms with Crippen LogP contribution < -0.4 is 16.0 Å². The predicted octanol–water partition coefficient (Wildman–Crippen LogP) is 0.813. The molecule has 126 valence electrons. The SMILES string of the molecule is CC(C)CC1NC(=O)C(C(C)C)NC(=O)C(C(C)C)NC1=O. The Hall–Kier alpha value is -1.59. The molecule has 3 unspecified atom stereocenters. The molecule has 3 N–H and O–H groups in total. The molecule has 1 saturated heterocycles. The van der Waals surface area contributed by atoms with Gasteiger partial charge in [0.25, 0.3) is 0 Å². The van der Waals surface area contributed by atoms with Crippen molar-refractivity contribution in [1.82, 2.24) is 16.0 Å². The molecule has 1 fully saturated rings. The molecule has 0 aromatic rings. The summed E-state index contributed by atoms with van der Waals surface area (Å²) in [6, 6.07) is -1.87. The number of rotatable bonds is 4. The number of amides is 3. The van der Waals surface area contributed by atoms with Crippen molar-refractivity contribution in [2.24, 2.45) is 17.8 Å². The van der Waals surface area contributed by atoms with Gasteiger partial charge >= 0.3 is 0 Å². The zero-order valence-electron chi connectivity index (χ0n) is 14.4. The molecule has 22 heavy (non-hydrogen) atoms. The average Bonchev–Trinajstić information content (AvgIpc) is 2.42. The second kappa shape index (κ2) is 7.61. The summed E-state index contributed by atoms with van der Waals surface area (Å²) in [6.45, 7) is 11.5. The van der Waals surface area contributed by atoms with Gasteiger partial charge in [-0.05, 0) is 24.2 Å². The maximum absolute atomic E-state index is 12.4. The fourth-order valence-electron chi connectivity index (χ4n) is 2.53. The molecule has 1 heterocycles. The molecular formula is C16H29N3O3. The predicted molar refractivity (Wildman–Crippen MR) is 84.9 cm³/mol. The van der Waals surface area contributed by atoms with Crippen LogP contribution in [0.4, 0.5) is 0 Å². The first-order chi connectivity index (χ1) is 10.1. The van der Waals surface area contributed by atoms with E-state index >= 15 is 0 Å². The second-order valence-corrected chi connectivity index (χ2v) is 7.15. The molecule has 3 amide bonds. The number of hydrogen-bond donors (Lipinski definition) is 3. The van der Waals surface area contributed by atoms with Crippen LogP contribution in [0.15, 0.2) is 0 Å². The van der Waals surface area contributed by atoms with E-state index in [-0.39, 0.29) is 35.5 Å². The smallest absolute Gasteiger partial charge is 0.243 e. The fraction of sp³-hybridized carbons (Fsp3) is 0.812. The van der Waals surface area contributed by atoms with Gasteiger partial charge in [0.05, 0.1) is 0 Å². The lowest BCUT2D eigenvalue weighted by atomic mass is 10.00. The molecule has 0 bridgehead atoms. The van der Waals surface area contributed by atoms with E-state index in [1.807, 2.05) is 41.5 Å². The molecule has 0 radical (unpaired) electrons. The summed E-state index contributed by atoms with van der Waals surface area (Å²) in [4.78, 5) is 37.2. The molecule has 0 aromatic carbocycles. The Morgan fingerprint density at radius 2 is 1.14 bits per heavy atom. The molecule has 6 heteroatoms. The van der Waals surface area contributed by atoms with Crippen molar-refractivity contribution in [1.29, 1.82) is 0 Å². The Balaban J connectivity index is 3.12. The number of nitrogens with one attached hydrogen (secondary N) is 3. The van der Waals surface area contributed by atoms with Crippen molar-refractivity contribution in [3.8, 4) is 0 Å². The lowest BCUT2D eigenvalue weighted by molar-refractivity contribution is -0.131. The van der Waals surface area contributed by atoms with E-state index in [0.717, 1.165) is 0 Å². The number of carbonyl (C=O) groups excluding carboxylic acids is 3. The van der Waals surface area contributed by atoms with Gasteiger partial charge in [-0.2, -0.15) is 0 Å². The highest BCUT2D eigenvalue weighted by atomic mass is 16.2. The molecule has 0 aromatic heterocycles. The largest absolute Gasteiger partial charge is 0.343 e. The van der Waals surface area contributed by atoms with Crippen LogP contribution >= 0.6 is 0 Å². The molecule has 6 nitrogen and oxygen atoms in total. The summed E-state index contributed by atoms with van der Waals surface area (Å²) < 4.78 is 0. The van der Waals surface area contributed by atoms with Crippen molar-refractivity contribution in [2.75, 3.05) is 0 Å². The van der Waals surface area contributed by atoms with Gasteiger partial charge in [-0.1, -0.05) is 41.5 Å². The Kier molecular flexibility index (Phi) is 6.38. The zero-order chi connectivity index (χ0) is 17.0. The highest BCUT2D eigenvalue weighted by molar-refractivity contribution is 5.97. The quantitative estimate of drug-likeness (QED) is 0.718. The topological polar surface area (TPSA) is 87.3 Å². The third-order valence-corrected chi connectivity index (χ3v) is 3.83. The van der Waals surface area contributed by atoms with E-state index in [1.165, 1.54) is 0 Å². The van der Waals surface area contributed by atoms with Crippen LogP contribution in [0.2, 0.25) is 0 Å². The molecule has 0 spiro atoms. The first-order valence-electron chi connectivity index (χ1n) is 8.04. The highest BCUT2D eigenvalue weighted by Crippen LogP contribution is 2.12. The highest BCUT2D eigenvalue weighted by Gasteiger charge is 2.36. The van der Waals surface area contributed by atoms with Gasteiger partial charge in [0, 0.05) is 0 Å². The van der Waals surface area contributed by atoms with Crippen molar-refractivity contribution >= 4 is 17.7 Å². The van der Waals surface area contributed by atoms with Gasteiger partial charge in [0.15, 0.2) is 0 Å². The lowest BCUT2D eigenvalue weighted by Gasteiger charge is -2.24. The van der Waals surface area contributed by atoms with E-state index in [9.17, 15) is 14.4 Å². The molecule has 1 aliphatic heterocycles. The van der Waals surface area contributed by atoms with E-state index in [1.54, 1.807) is 0 Å². The van der Waals surface area contributed by atoms with Crippen LogP contribution in [0, 0.1) is 17.8 Å². The van der Waals surface area contributed by atoms with E-state index in [0.29, 0.717) is 6.42 Å². The second-order valence-electron chi connectivity index (χ2n) is 7.15. The lowest BCUT2D eigenvalue weighted by Crippen LogP contribution is -2.54. The Bertz CT molecular complexity index is 426. The molecule has 0 saturated carbocycles. The van der Waals surface area contributed by atoms with Gasteiger partial charge in [-0.25, -0.2) is 0 Å². The molecule has 1 rings (SSSR count). The third kappa shape index (κ3) is 4.71. The van der Waals surface area contributed by atoms with Gasteiger partial charge in [-0.15, -0.1) is 0 Å². The van der Waals surface area contributed by atoms with Crippen molar-refractivity contribution in [3.05, 3.63) is 0 Å². The zero-order valence-corrected chi connectivity index (χ0v) is 14.4. The minimum Gasteiger partial charge on any atom is -0.343 e. The van der Waals surface area contributed by atoms with Crippen LogP contribution in [-0.2, 0) is 14.4 Å². The Morgan fingerprint density at radius 1 is 0.727 bits per heavy atom. The summed E-state index contributed by atoms with van der Waals surface area (Å²) >= 11 is 0. The summed E-state index contributed by atoms with van der Waals surface area (Å²) in [5, 5.41) is 8.33. The summed E-state index contributed by atoms with van der Waals surface area (Å²) in [5.74, 6) is -0.735. The molecule has 1 aliphatic rings. The molecular weight excluding hydrogens is 282 g/mol. The van der Waals surface area contributed by atoms with Crippen LogP contribution in [0.5, 0.6) is 0 Å². The van der Waals surface area contributed by atoms with Gasteiger partial charge < -0.3 is 16.0 Å². The van der Waals surface area contributed by atoms with Gasteiger partial charge in [0.2, 0.25) is 17.7 Å². The normalized spacial score (nSPS) is 27.1.